The average molecular weight is 320 g/mol. The molecule has 0 aliphatic carbocycles. The minimum absolute atomic E-state index is 0.115. The van der Waals surface area contributed by atoms with Crippen LogP contribution in [0.25, 0.3) is 0 Å². The molecule has 24 heavy (non-hydrogen) atoms. The van der Waals surface area contributed by atoms with Gasteiger partial charge in [-0.15, -0.1) is 0 Å². The second-order valence-corrected chi connectivity index (χ2v) is 5.50. The van der Waals surface area contributed by atoms with Crippen LogP contribution in [0.3, 0.4) is 0 Å². The number of ether oxygens (including phenoxy) is 2. The second-order valence-electron chi connectivity index (χ2n) is 5.50. The van der Waals surface area contributed by atoms with Gasteiger partial charge in [0.05, 0.1) is 0 Å². The Morgan fingerprint density at radius 2 is 1.71 bits per heavy atom. The maximum atomic E-state index is 12.9. The summed E-state index contributed by atoms with van der Waals surface area (Å²) >= 11 is 0. The fourth-order valence-corrected chi connectivity index (χ4v) is 2.80. The molecule has 0 fully saturated rings. The lowest BCUT2D eigenvalue weighted by atomic mass is 10.1. The Hall–Kier alpha value is -3.21. The van der Waals surface area contributed by atoms with Gasteiger partial charge in [-0.2, -0.15) is 0 Å². The molecule has 5 nitrogen and oxygen atoms in total. The number of benzene rings is 2. The van der Waals surface area contributed by atoms with E-state index in [1.807, 2.05) is 65.5 Å². The molecule has 0 unspecified atom stereocenters. The summed E-state index contributed by atoms with van der Waals surface area (Å²) in [4.78, 5) is 12.9. The maximum Gasteiger partial charge on any atom is 0.252 e. The minimum atomic E-state index is -0.438. The molecule has 2 heterocycles. The molecule has 2 aromatic carbocycles. The van der Waals surface area contributed by atoms with Crippen LogP contribution in [0.2, 0.25) is 0 Å². The van der Waals surface area contributed by atoms with Crippen molar-refractivity contribution in [2.24, 2.45) is 0 Å². The van der Waals surface area contributed by atoms with Gasteiger partial charge in [-0.3, -0.25) is 4.79 Å². The first-order chi connectivity index (χ1) is 11.8. The van der Waals surface area contributed by atoms with Gasteiger partial charge in [0.2, 0.25) is 6.79 Å². The molecule has 0 saturated heterocycles. The quantitative estimate of drug-likeness (QED) is 0.801. The number of rotatable bonds is 4. The Kier molecular flexibility index (Phi) is 3.67. The summed E-state index contributed by atoms with van der Waals surface area (Å²) in [6.45, 7) is 0.211. The van der Waals surface area contributed by atoms with Crippen molar-refractivity contribution in [3.63, 3.8) is 0 Å². The second kappa shape index (κ2) is 6.12. The van der Waals surface area contributed by atoms with Crippen molar-refractivity contribution in [3.05, 3.63) is 78.6 Å². The number of carbonyl (C=O) groups is 1. The molecular weight excluding hydrogens is 304 g/mol. The zero-order valence-corrected chi connectivity index (χ0v) is 12.9. The molecule has 0 spiro atoms. The summed E-state index contributed by atoms with van der Waals surface area (Å²) in [5.74, 6) is 1.22. The Labute approximate surface area is 139 Å². The van der Waals surface area contributed by atoms with E-state index in [2.05, 4.69) is 5.32 Å². The van der Waals surface area contributed by atoms with Crippen LogP contribution in [0, 0.1) is 0 Å². The van der Waals surface area contributed by atoms with Crippen molar-refractivity contribution in [1.82, 2.24) is 4.57 Å². The zero-order chi connectivity index (χ0) is 16.4. The lowest BCUT2D eigenvalue weighted by molar-refractivity contribution is -0.118. The Morgan fingerprint density at radius 1 is 0.958 bits per heavy atom. The van der Waals surface area contributed by atoms with Gasteiger partial charge in [0.25, 0.3) is 5.91 Å². The summed E-state index contributed by atoms with van der Waals surface area (Å²) in [6, 6.07) is 18.4. The van der Waals surface area contributed by atoms with Gasteiger partial charge in [-0.05, 0) is 29.8 Å². The van der Waals surface area contributed by atoms with Gasteiger partial charge < -0.3 is 19.4 Å². The molecule has 0 bridgehead atoms. The molecule has 1 atom stereocenters. The maximum absolute atomic E-state index is 12.9. The number of aromatic nitrogens is 1. The first kappa shape index (κ1) is 14.4. The third kappa shape index (κ3) is 2.72. The zero-order valence-electron chi connectivity index (χ0n) is 12.9. The van der Waals surface area contributed by atoms with Crippen LogP contribution >= 0.6 is 0 Å². The van der Waals surface area contributed by atoms with E-state index in [1.165, 1.54) is 0 Å². The number of fused-ring (bicyclic) bond motifs is 1. The van der Waals surface area contributed by atoms with Gasteiger partial charge in [0.15, 0.2) is 11.5 Å². The van der Waals surface area contributed by atoms with Crippen molar-refractivity contribution >= 4 is 11.6 Å². The lowest BCUT2D eigenvalue weighted by Crippen LogP contribution is -2.26. The van der Waals surface area contributed by atoms with Crippen LogP contribution in [0.1, 0.15) is 11.6 Å². The van der Waals surface area contributed by atoms with Crippen molar-refractivity contribution in [2.45, 2.75) is 6.04 Å². The molecule has 1 N–H and O–H groups in total. The van der Waals surface area contributed by atoms with Crippen LogP contribution in [0.4, 0.5) is 5.69 Å². The number of nitrogens with zero attached hydrogens (tertiary/aromatic N) is 1. The van der Waals surface area contributed by atoms with E-state index in [0.717, 1.165) is 5.56 Å². The predicted molar refractivity (Wildman–Crippen MR) is 90.2 cm³/mol. The summed E-state index contributed by atoms with van der Waals surface area (Å²) in [7, 11) is 0. The number of hydrogen-bond donors (Lipinski definition) is 1. The van der Waals surface area contributed by atoms with E-state index < -0.39 is 6.04 Å². The molecule has 1 amide bonds. The van der Waals surface area contributed by atoms with Crippen LogP contribution < -0.4 is 14.8 Å². The van der Waals surface area contributed by atoms with Gasteiger partial charge in [-0.1, -0.05) is 30.3 Å². The number of amides is 1. The molecule has 4 rings (SSSR count). The third-order valence-electron chi connectivity index (χ3n) is 3.93. The van der Waals surface area contributed by atoms with Gasteiger partial charge in [-0.25, -0.2) is 0 Å². The molecule has 1 aliphatic rings. The Morgan fingerprint density at radius 3 is 2.50 bits per heavy atom. The molecule has 120 valence electrons. The highest BCUT2D eigenvalue weighted by Gasteiger charge is 2.22. The van der Waals surface area contributed by atoms with Gasteiger partial charge >= 0.3 is 0 Å². The number of anilines is 1. The summed E-state index contributed by atoms with van der Waals surface area (Å²) in [5, 5.41) is 2.96. The first-order valence-electron chi connectivity index (χ1n) is 7.69. The number of nitrogens with one attached hydrogen (secondary N) is 1. The minimum Gasteiger partial charge on any atom is -0.454 e. The average Bonchev–Trinajstić information content (AvgIpc) is 3.27. The normalized spacial score (nSPS) is 13.5. The van der Waals surface area contributed by atoms with E-state index in [9.17, 15) is 4.79 Å². The number of carbonyl (C=O) groups excluding carboxylic acids is 1. The van der Waals surface area contributed by atoms with Crippen LogP contribution in [-0.4, -0.2) is 17.3 Å². The summed E-state index contributed by atoms with van der Waals surface area (Å²) in [5.41, 5.74) is 1.60. The Balaban J connectivity index is 1.62. The molecule has 0 radical (unpaired) electrons. The molecular formula is C19H16N2O3. The number of hydrogen-bond acceptors (Lipinski definition) is 3. The van der Waals surface area contributed by atoms with E-state index in [1.54, 1.807) is 12.1 Å². The summed E-state index contributed by atoms with van der Waals surface area (Å²) in [6.07, 6.45) is 3.77. The van der Waals surface area contributed by atoms with Crippen LogP contribution in [0.15, 0.2) is 73.1 Å². The first-order valence-corrected chi connectivity index (χ1v) is 7.69. The van der Waals surface area contributed by atoms with E-state index >= 15 is 0 Å². The summed E-state index contributed by atoms with van der Waals surface area (Å²) < 4.78 is 12.5. The molecule has 1 aliphatic heterocycles. The fourth-order valence-electron chi connectivity index (χ4n) is 2.80. The van der Waals surface area contributed by atoms with Crippen molar-refractivity contribution in [2.75, 3.05) is 12.1 Å². The van der Waals surface area contributed by atoms with E-state index in [4.69, 9.17) is 9.47 Å². The van der Waals surface area contributed by atoms with Crippen LogP contribution in [-0.2, 0) is 4.79 Å². The van der Waals surface area contributed by atoms with Crippen molar-refractivity contribution < 1.29 is 14.3 Å². The standard InChI is InChI=1S/C19H16N2O3/c22-19(20-15-8-9-16-17(12-15)24-13-23-16)18(21-10-4-5-11-21)14-6-2-1-3-7-14/h1-12,18H,13H2,(H,20,22)/t18-/m0/s1. The smallest absolute Gasteiger partial charge is 0.252 e. The largest absolute Gasteiger partial charge is 0.454 e. The monoisotopic (exact) mass is 320 g/mol. The fraction of sp³-hybridized carbons (Fsp3) is 0.105. The molecule has 0 saturated carbocycles. The highest BCUT2D eigenvalue weighted by Crippen LogP contribution is 2.34. The Bertz CT molecular complexity index is 844. The highest BCUT2D eigenvalue weighted by molar-refractivity contribution is 5.96. The third-order valence-corrected chi connectivity index (χ3v) is 3.93. The molecule has 5 heteroatoms. The van der Waals surface area contributed by atoms with E-state index in [-0.39, 0.29) is 12.7 Å². The van der Waals surface area contributed by atoms with Crippen molar-refractivity contribution in [1.29, 1.82) is 0 Å². The van der Waals surface area contributed by atoms with Crippen molar-refractivity contribution in [3.8, 4) is 11.5 Å². The van der Waals surface area contributed by atoms with Crippen LogP contribution in [0.5, 0.6) is 11.5 Å². The molecule has 1 aromatic heterocycles. The molecule has 3 aromatic rings. The SMILES string of the molecule is O=C(Nc1ccc2c(c1)OCO2)[C@H](c1ccccc1)n1cccc1. The van der Waals surface area contributed by atoms with E-state index in [0.29, 0.717) is 17.2 Å². The van der Waals surface area contributed by atoms with Gasteiger partial charge in [0.1, 0.15) is 6.04 Å². The van der Waals surface area contributed by atoms with Gasteiger partial charge in [0, 0.05) is 24.1 Å². The highest BCUT2D eigenvalue weighted by atomic mass is 16.7. The predicted octanol–water partition coefficient (Wildman–Crippen LogP) is 3.44. The lowest BCUT2D eigenvalue weighted by Gasteiger charge is -2.19. The topological polar surface area (TPSA) is 52.5 Å².